The summed E-state index contributed by atoms with van der Waals surface area (Å²) in [6.07, 6.45) is 8.38. The van der Waals surface area contributed by atoms with Crippen LogP contribution in [0.1, 0.15) is 30.1 Å². The Morgan fingerprint density at radius 1 is 1.36 bits per heavy atom. The molecule has 1 aliphatic heterocycles. The number of aromatic amines is 1. The third-order valence-electron chi connectivity index (χ3n) is 4.12. The van der Waals surface area contributed by atoms with Gasteiger partial charge in [-0.25, -0.2) is 4.98 Å². The number of benzene rings is 1. The summed E-state index contributed by atoms with van der Waals surface area (Å²) in [5, 5.41) is 6.96. The van der Waals surface area contributed by atoms with Gasteiger partial charge in [0.15, 0.2) is 0 Å². The summed E-state index contributed by atoms with van der Waals surface area (Å²) in [5.41, 5.74) is 1.20. The molecule has 1 unspecified atom stereocenters. The first-order chi connectivity index (χ1) is 10.8. The van der Waals surface area contributed by atoms with E-state index in [-0.39, 0.29) is 0 Å². The molecule has 1 fully saturated rings. The largest absolute Gasteiger partial charge is 0.497 e. The minimum Gasteiger partial charge on any atom is -0.497 e. The van der Waals surface area contributed by atoms with Crippen molar-refractivity contribution in [2.24, 2.45) is 0 Å². The molecular formula is C17H22N4O. The molecule has 1 aromatic heterocycles. The van der Waals surface area contributed by atoms with Crippen molar-refractivity contribution in [3.05, 3.63) is 48.1 Å². The van der Waals surface area contributed by atoms with Gasteiger partial charge in [0.1, 0.15) is 17.9 Å². The smallest absolute Gasteiger partial charge is 0.137 e. The fourth-order valence-corrected chi connectivity index (χ4v) is 2.91. The number of methoxy groups -OCH3 is 1. The Balaban J connectivity index is 1.53. The zero-order valence-corrected chi connectivity index (χ0v) is 12.9. The van der Waals surface area contributed by atoms with Crippen LogP contribution in [0.25, 0.3) is 6.08 Å². The monoisotopic (exact) mass is 298 g/mol. The SMILES string of the molecule is COc1ccc(C=CCN2CCCC(c3ncn[nH]3)C2)cc1. The van der Waals surface area contributed by atoms with Crippen LogP contribution in [0.3, 0.4) is 0 Å². The van der Waals surface area contributed by atoms with E-state index in [1.165, 1.54) is 18.4 Å². The highest BCUT2D eigenvalue weighted by Crippen LogP contribution is 2.23. The van der Waals surface area contributed by atoms with Crippen LogP contribution in [0.5, 0.6) is 5.75 Å². The number of rotatable bonds is 5. The Hall–Kier alpha value is -2.14. The van der Waals surface area contributed by atoms with Gasteiger partial charge < -0.3 is 4.74 Å². The normalized spacial score (nSPS) is 19.6. The van der Waals surface area contributed by atoms with E-state index < -0.39 is 0 Å². The van der Waals surface area contributed by atoms with Gasteiger partial charge in [-0.15, -0.1) is 0 Å². The second kappa shape index (κ2) is 7.22. The molecule has 1 atom stereocenters. The Morgan fingerprint density at radius 2 is 2.23 bits per heavy atom. The van der Waals surface area contributed by atoms with Crippen molar-refractivity contribution in [1.29, 1.82) is 0 Å². The average Bonchev–Trinajstić information content (AvgIpc) is 3.10. The number of nitrogens with one attached hydrogen (secondary N) is 1. The second-order valence-corrected chi connectivity index (χ2v) is 5.64. The van der Waals surface area contributed by atoms with Crippen LogP contribution in [0.4, 0.5) is 0 Å². The van der Waals surface area contributed by atoms with Crippen molar-refractivity contribution in [2.75, 3.05) is 26.7 Å². The van der Waals surface area contributed by atoms with Crippen molar-refractivity contribution >= 4 is 6.08 Å². The van der Waals surface area contributed by atoms with Crippen LogP contribution in [-0.4, -0.2) is 46.8 Å². The first-order valence-corrected chi connectivity index (χ1v) is 7.73. The highest BCUT2D eigenvalue weighted by molar-refractivity contribution is 5.50. The Kier molecular flexibility index (Phi) is 4.85. The molecule has 1 N–H and O–H groups in total. The van der Waals surface area contributed by atoms with E-state index in [9.17, 15) is 0 Å². The lowest BCUT2D eigenvalue weighted by atomic mass is 9.97. The van der Waals surface area contributed by atoms with Crippen molar-refractivity contribution in [1.82, 2.24) is 20.1 Å². The van der Waals surface area contributed by atoms with Crippen LogP contribution >= 0.6 is 0 Å². The zero-order valence-electron chi connectivity index (χ0n) is 12.9. The first-order valence-electron chi connectivity index (χ1n) is 7.73. The molecule has 5 nitrogen and oxygen atoms in total. The van der Waals surface area contributed by atoms with E-state index in [4.69, 9.17) is 4.74 Å². The molecule has 2 heterocycles. The van der Waals surface area contributed by atoms with Gasteiger partial charge in [0, 0.05) is 19.0 Å². The number of ether oxygens (including phenoxy) is 1. The summed E-state index contributed by atoms with van der Waals surface area (Å²) in [4.78, 5) is 6.76. The first kappa shape index (κ1) is 14.8. The molecule has 0 amide bonds. The van der Waals surface area contributed by atoms with Gasteiger partial charge in [0.05, 0.1) is 7.11 Å². The maximum Gasteiger partial charge on any atom is 0.137 e. The lowest BCUT2D eigenvalue weighted by Gasteiger charge is -2.30. The van der Waals surface area contributed by atoms with Crippen molar-refractivity contribution in [3.8, 4) is 5.75 Å². The summed E-state index contributed by atoms with van der Waals surface area (Å²) in [5.74, 6) is 2.39. The Labute approximate surface area is 131 Å². The van der Waals surface area contributed by atoms with Crippen molar-refractivity contribution in [2.45, 2.75) is 18.8 Å². The molecule has 0 radical (unpaired) electrons. The predicted molar refractivity (Wildman–Crippen MR) is 86.8 cm³/mol. The summed E-state index contributed by atoms with van der Waals surface area (Å²) in [6, 6.07) is 8.12. The molecule has 2 aromatic rings. The van der Waals surface area contributed by atoms with Gasteiger partial charge in [-0.05, 0) is 37.1 Å². The van der Waals surface area contributed by atoms with E-state index in [0.29, 0.717) is 5.92 Å². The number of nitrogens with zero attached hydrogens (tertiary/aromatic N) is 3. The maximum atomic E-state index is 5.17. The fraction of sp³-hybridized carbons (Fsp3) is 0.412. The molecule has 116 valence electrons. The van der Waals surface area contributed by atoms with E-state index >= 15 is 0 Å². The van der Waals surface area contributed by atoms with Crippen LogP contribution < -0.4 is 4.74 Å². The van der Waals surface area contributed by atoms with Crippen LogP contribution in [0.2, 0.25) is 0 Å². The van der Waals surface area contributed by atoms with Crippen LogP contribution in [0.15, 0.2) is 36.7 Å². The van der Waals surface area contributed by atoms with Crippen LogP contribution in [-0.2, 0) is 0 Å². The molecule has 1 saturated heterocycles. The highest BCUT2D eigenvalue weighted by Gasteiger charge is 2.22. The lowest BCUT2D eigenvalue weighted by molar-refractivity contribution is 0.224. The highest BCUT2D eigenvalue weighted by atomic mass is 16.5. The topological polar surface area (TPSA) is 54.0 Å². The Bertz CT molecular complexity index is 592. The van der Waals surface area contributed by atoms with Crippen molar-refractivity contribution in [3.63, 3.8) is 0 Å². The summed E-state index contributed by atoms with van der Waals surface area (Å²) >= 11 is 0. The zero-order chi connectivity index (χ0) is 15.2. The van der Waals surface area contributed by atoms with Gasteiger partial charge >= 0.3 is 0 Å². The molecule has 1 aromatic carbocycles. The van der Waals surface area contributed by atoms with Crippen LogP contribution in [0, 0.1) is 0 Å². The van der Waals surface area contributed by atoms with Gasteiger partial charge in [-0.1, -0.05) is 24.3 Å². The number of aromatic nitrogens is 3. The van der Waals surface area contributed by atoms with E-state index in [0.717, 1.165) is 31.2 Å². The van der Waals surface area contributed by atoms with Gasteiger partial charge in [-0.2, -0.15) is 5.10 Å². The standard InChI is InChI=1S/C17H22N4O/c1-22-16-8-6-14(7-9-16)4-2-10-21-11-3-5-15(12-21)17-18-13-19-20-17/h2,4,6-9,13,15H,3,5,10-12H2,1H3,(H,18,19,20). The molecule has 5 heteroatoms. The number of H-pyrrole nitrogens is 1. The minimum absolute atomic E-state index is 0.477. The molecule has 1 aliphatic rings. The van der Waals surface area contributed by atoms with Gasteiger partial charge in [0.2, 0.25) is 0 Å². The van der Waals surface area contributed by atoms with Gasteiger partial charge in [0.25, 0.3) is 0 Å². The third-order valence-corrected chi connectivity index (χ3v) is 4.12. The molecule has 0 spiro atoms. The average molecular weight is 298 g/mol. The predicted octanol–water partition coefficient (Wildman–Crippen LogP) is 2.71. The Morgan fingerprint density at radius 3 is 2.95 bits per heavy atom. The summed E-state index contributed by atoms with van der Waals surface area (Å²) < 4.78 is 5.17. The summed E-state index contributed by atoms with van der Waals surface area (Å²) in [6.45, 7) is 3.16. The molecular weight excluding hydrogens is 276 g/mol. The number of hydrogen-bond donors (Lipinski definition) is 1. The second-order valence-electron chi connectivity index (χ2n) is 5.64. The van der Waals surface area contributed by atoms with Crippen molar-refractivity contribution < 1.29 is 4.74 Å². The number of likely N-dealkylation sites (tertiary alicyclic amines) is 1. The lowest BCUT2D eigenvalue weighted by Crippen LogP contribution is -2.34. The molecule has 0 saturated carbocycles. The third kappa shape index (κ3) is 3.74. The van der Waals surface area contributed by atoms with E-state index in [1.807, 2.05) is 12.1 Å². The van der Waals surface area contributed by atoms with E-state index in [1.54, 1.807) is 13.4 Å². The molecule has 22 heavy (non-hydrogen) atoms. The number of piperidine rings is 1. The number of hydrogen-bond acceptors (Lipinski definition) is 4. The maximum absolute atomic E-state index is 5.17. The molecule has 3 rings (SSSR count). The molecule has 0 bridgehead atoms. The van der Waals surface area contributed by atoms with Gasteiger partial charge in [-0.3, -0.25) is 10.00 Å². The quantitative estimate of drug-likeness (QED) is 0.922. The summed E-state index contributed by atoms with van der Waals surface area (Å²) in [7, 11) is 1.69. The molecule has 0 aliphatic carbocycles. The minimum atomic E-state index is 0.477. The fourth-order valence-electron chi connectivity index (χ4n) is 2.91. The van der Waals surface area contributed by atoms with E-state index in [2.05, 4.69) is 44.4 Å².